The lowest BCUT2D eigenvalue weighted by atomic mass is 9.83. The highest BCUT2D eigenvalue weighted by atomic mass is 16.7. The highest BCUT2D eigenvalue weighted by Gasteiger charge is 2.22. The summed E-state index contributed by atoms with van der Waals surface area (Å²) in [5, 5.41) is 0. The van der Waals surface area contributed by atoms with Crippen molar-refractivity contribution in [2.75, 3.05) is 13.2 Å². The van der Waals surface area contributed by atoms with Gasteiger partial charge in [0.25, 0.3) is 0 Å². The van der Waals surface area contributed by atoms with Gasteiger partial charge in [-0.2, -0.15) is 0 Å². The van der Waals surface area contributed by atoms with E-state index in [1.807, 2.05) is 61.5 Å². The molecule has 2 N–H and O–H groups in total. The van der Waals surface area contributed by atoms with Gasteiger partial charge in [-0.15, -0.1) is 0 Å². The van der Waals surface area contributed by atoms with E-state index in [2.05, 4.69) is 33.9 Å². The van der Waals surface area contributed by atoms with E-state index in [0.717, 1.165) is 28.2 Å². The van der Waals surface area contributed by atoms with Gasteiger partial charge in [0.15, 0.2) is 6.29 Å². The second kappa shape index (κ2) is 11.5. The van der Waals surface area contributed by atoms with Crippen LogP contribution in [0.2, 0.25) is 0 Å². The van der Waals surface area contributed by atoms with Crippen LogP contribution in [0.4, 0.5) is 0 Å². The fraction of sp³-hybridized carbons (Fsp3) is 0.333. The van der Waals surface area contributed by atoms with Gasteiger partial charge in [0.05, 0.1) is 6.61 Å². The minimum Gasteiger partial charge on any atom is -0.491 e. The van der Waals surface area contributed by atoms with Gasteiger partial charge in [-0.25, -0.2) is 0 Å². The van der Waals surface area contributed by atoms with Crippen molar-refractivity contribution in [3.05, 3.63) is 91.0 Å². The molecule has 2 rings (SSSR count). The van der Waals surface area contributed by atoms with Gasteiger partial charge in [-0.05, 0) is 53.3 Å². The molecule has 0 radical (unpaired) electrons. The molecule has 2 aromatic rings. The Labute approximate surface area is 187 Å². The molecule has 2 atom stereocenters. The molecule has 0 aliphatic carbocycles. The molecule has 0 bridgehead atoms. The van der Waals surface area contributed by atoms with Crippen LogP contribution in [-0.4, -0.2) is 19.5 Å². The maximum absolute atomic E-state index is 6.31. The molecule has 0 saturated carbocycles. The highest BCUT2D eigenvalue weighted by Crippen LogP contribution is 2.31. The van der Waals surface area contributed by atoms with E-state index in [9.17, 15) is 0 Å². The molecular formula is C27H35NO3. The largest absolute Gasteiger partial charge is 0.491 e. The quantitative estimate of drug-likeness (QED) is 0.262. The zero-order chi connectivity index (χ0) is 22.9. The van der Waals surface area contributed by atoms with Crippen molar-refractivity contribution < 1.29 is 14.2 Å². The maximum atomic E-state index is 6.31. The summed E-state index contributed by atoms with van der Waals surface area (Å²) in [6.45, 7) is 16.7. The maximum Gasteiger partial charge on any atom is 0.197 e. The van der Waals surface area contributed by atoms with Gasteiger partial charge in [-0.3, -0.25) is 0 Å². The fourth-order valence-corrected chi connectivity index (χ4v) is 3.01. The predicted octanol–water partition coefficient (Wildman–Crippen LogP) is 6.31. The molecule has 0 aromatic heterocycles. The first-order valence-electron chi connectivity index (χ1n) is 10.6. The molecular weight excluding hydrogens is 386 g/mol. The first-order valence-corrected chi connectivity index (χ1v) is 10.6. The van der Waals surface area contributed by atoms with E-state index in [0.29, 0.717) is 13.2 Å². The molecule has 0 spiro atoms. The molecule has 2 aromatic carbocycles. The van der Waals surface area contributed by atoms with Crippen LogP contribution in [-0.2, 0) is 4.74 Å². The Balaban J connectivity index is 1.76. The van der Waals surface area contributed by atoms with Gasteiger partial charge in [0.2, 0.25) is 0 Å². The van der Waals surface area contributed by atoms with Crippen LogP contribution in [0, 0.1) is 5.41 Å². The Bertz CT molecular complexity index is 861. The summed E-state index contributed by atoms with van der Waals surface area (Å²) in [6.07, 6.45) is 5.09. The number of hydrogen-bond acceptors (Lipinski definition) is 4. The first kappa shape index (κ1) is 24.4. The van der Waals surface area contributed by atoms with Gasteiger partial charge >= 0.3 is 0 Å². The molecule has 0 fully saturated rings. The second-order valence-electron chi connectivity index (χ2n) is 8.40. The van der Waals surface area contributed by atoms with Crippen molar-refractivity contribution in [3.63, 3.8) is 0 Å². The molecule has 4 nitrogen and oxygen atoms in total. The smallest absolute Gasteiger partial charge is 0.197 e. The second-order valence-corrected chi connectivity index (χ2v) is 8.40. The van der Waals surface area contributed by atoms with Crippen LogP contribution in [0.25, 0.3) is 5.57 Å². The summed E-state index contributed by atoms with van der Waals surface area (Å²) in [6, 6.07) is 15.7. The third-order valence-corrected chi connectivity index (χ3v) is 4.88. The molecule has 0 heterocycles. The average molecular weight is 422 g/mol. The lowest BCUT2D eigenvalue weighted by molar-refractivity contribution is -0.0739. The molecule has 0 aliphatic rings. The standard InChI is InChI=1S/C27H35NO3/c1-7-9-21(8-2)22-10-14-24(15-11-22)30-19-18-29-20(3)31-25-16-12-23(13-17-25)26(28)27(4,5)6/h7-17,20,26H,1-2,18-19,28H2,3-6H3/b21-9+. The zero-order valence-corrected chi connectivity index (χ0v) is 19.1. The first-order chi connectivity index (χ1) is 14.7. The minimum atomic E-state index is -0.382. The molecule has 0 aliphatic heterocycles. The van der Waals surface area contributed by atoms with Crippen molar-refractivity contribution in [2.24, 2.45) is 11.1 Å². The molecule has 166 valence electrons. The molecule has 4 heteroatoms. The lowest BCUT2D eigenvalue weighted by Crippen LogP contribution is -2.26. The SMILES string of the molecule is C=C/C=C(\C=C)c1ccc(OCCOC(C)Oc2ccc(C(N)C(C)(C)C)cc2)cc1. The third-order valence-electron chi connectivity index (χ3n) is 4.88. The van der Waals surface area contributed by atoms with E-state index < -0.39 is 0 Å². The molecule has 0 amide bonds. The predicted molar refractivity (Wildman–Crippen MR) is 129 cm³/mol. The van der Waals surface area contributed by atoms with Crippen molar-refractivity contribution >= 4 is 5.57 Å². The van der Waals surface area contributed by atoms with Gasteiger partial charge in [0.1, 0.15) is 18.1 Å². The highest BCUT2D eigenvalue weighted by molar-refractivity contribution is 5.74. The summed E-state index contributed by atoms with van der Waals surface area (Å²) in [4.78, 5) is 0. The minimum absolute atomic E-state index is 0.00926. The third kappa shape index (κ3) is 7.74. The van der Waals surface area contributed by atoms with Crippen molar-refractivity contribution in [3.8, 4) is 11.5 Å². The van der Waals surface area contributed by atoms with Crippen molar-refractivity contribution in [1.29, 1.82) is 0 Å². The molecule has 2 unspecified atom stereocenters. The number of ether oxygens (including phenoxy) is 3. The monoisotopic (exact) mass is 421 g/mol. The Kier molecular flexibility index (Phi) is 9.10. The Morgan fingerprint density at radius 2 is 1.58 bits per heavy atom. The summed E-state index contributed by atoms with van der Waals surface area (Å²) >= 11 is 0. The zero-order valence-electron chi connectivity index (χ0n) is 19.1. The number of hydrogen-bond donors (Lipinski definition) is 1. The van der Waals surface area contributed by atoms with E-state index >= 15 is 0 Å². The van der Waals surface area contributed by atoms with Crippen LogP contribution in [0.5, 0.6) is 11.5 Å². The number of nitrogens with two attached hydrogens (primary N) is 1. The Morgan fingerprint density at radius 3 is 2.13 bits per heavy atom. The van der Waals surface area contributed by atoms with Crippen molar-refractivity contribution in [2.45, 2.75) is 40.0 Å². The van der Waals surface area contributed by atoms with Crippen molar-refractivity contribution in [1.82, 2.24) is 0 Å². The van der Waals surface area contributed by atoms with Crippen LogP contribution in [0.3, 0.4) is 0 Å². The van der Waals surface area contributed by atoms with E-state index in [4.69, 9.17) is 19.9 Å². The van der Waals surface area contributed by atoms with Crippen LogP contribution >= 0.6 is 0 Å². The summed E-state index contributed by atoms with van der Waals surface area (Å²) in [5.74, 6) is 1.54. The normalized spacial score (nSPS) is 13.9. The summed E-state index contributed by atoms with van der Waals surface area (Å²) in [7, 11) is 0. The van der Waals surface area contributed by atoms with Gasteiger partial charge in [-0.1, -0.05) is 76.4 Å². The molecule has 0 saturated heterocycles. The topological polar surface area (TPSA) is 53.7 Å². The van der Waals surface area contributed by atoms with E-state index in [-0.39, 0.29) is 17.7 Å². The summed E-state index contributed by atoms with van der Waals surface area (Å²) in [5.41, 5.74) is 9.49. The van der Waals surface area contributed by atoms with Gasteiger partial charge < -0.3 is 19.9 Å². The van der Waals surface area contributed by atoms with Gasteiger partial charge in [0, 0.05) is 6.04 Å². The number of rotatable bonds is 11. The fourth-order valence-electron chi connectivity index (χ4n) is 3.01. The summed E-state index contributed by atoms with van der Waals surface area (Å²) < 4.78 is 17.3. The lowest BCUT2D eigenvalue weighted by Gasteiger charge is -2.27. The Hall–Kier alpha value is -2.82. The van der Waals surface area contributed by atoms with E-state index in [1.54, 1.807) is 12.2 Å². The number of allylic oxidation sites excluding steroid dienone is 4. The van der Waals surface area contributed by atoms with Crippen LogP contribution in [0.15, 0.2) is 79.9 Å². The van der Waals surface area contributed by atoms with Crippen LogP contribution in [0.1, 0.15) is 44.9 Å². The van der Waals surface area contributed by atoms with E-state index in [1.165, 1.54) is 0 Å². The number of benzene rings is 2. The van der Waals surface area contributed by atoms with Crippen LogP contribution < -0.4 is 15.2 Å². The Morgan fingerprint density at radius 1 is 0.968 bits per heavy atom. The average Bonchev–Trinajstić information content (AvgIpc) is 2.75. The molecule has 31 heavy (non-hydrogen) atoms.